The van der Waals surface area contributed by atoms with Gasteiger partial charge in [-0.2, -0.15) is 0 Å². The Kier molecular flexibility index (Phi) is 20.2. The van der Waals surface area contributed by atoms with Crippen molar-refractivity contribution in [1.82, 2.24) is 4.57 Å². The highest BCUT2D eigenvalue weighted by Gasteiger charge is 2.23. The van der Waals surface area contributed by atoms with Crippen LogP contribution in [-0.2, 0) is 11.8 Å². The van der Waals surface area contributed by atoms with E-state index in [4.69, 9.17) is 5.73 Å². The molecule has 0 aliphatic heterocycles. The molecule has 11 aromatic carbocycles. The van der Waals surface area contributed by atoms with Crippen molar-refractivity contribution in [2.24, 2.45) is 0 Å². The SMILES string of the molecule is CC.CC(=C(c1ccccc1)c1ccccc1)c1ccccc1-c1ccc(C)cc1.Cc1ccc(-c2ccc3c(c2)c(N)c(/C=C\Cc2ccc(-c4ccccc4)cc2)n3-c2ccc(-c3ccccc3)cc2)cc1.Cc1ccc(C2(C)C=CC=CC2)cc1. The van der Waals surface area contributed by atoms with Crippen LogP contribution in [0.2, 0.25) is 0 Å². The van der Waals surface area contributed by atoms with E-state index in [1.165, 1.54) is 94.6 Å². The fourth-order valence-corrected chi connectivity index (χ4v) is 11.5. The highest BCUT2D eigenvalue weighted by Crippen LogP contribution is 2.39. The molecule has 1 atom stereocenters. The summed E-state index contributed by atoms with van der Waals surface area (Å²) in [6.07, 6.45) is 15.1. The number of anilines is 1. The first-order valence-electron chi connectivity index (χ1n) is 31.0. The Morgan fingerprint density at radius 1 is 0.466 bits per heavy atom. The molecular weight excluding hydrogens is 1060 g/mol. The van der Waals surface area contributed by atoms with Gasteiger partial charge in [-0.05, 0) is 154 Å². The summed E-state index contributed by atoms with van der Waals surface area (Å²) in [5, 5.41) is 1.06. The van der Waals surface area contributed by atoms with Gasteiger partial charge in [0.15, 0.2) is 0 Å². The van der Waals surface area contributed by atoms with E-state index in [1.54, 1.807) is 0 Å². The van der Waals surface area contributed by atoms with E-state index in [2.05, 4.69) is 355 Å². The van der Waals surface area contributed by atoms with Crippen molar-refractivity contribution in [3.63, 3.8) is 0 Å². The molecule has 13 rings (SSSR count). The largest absolute Gasteiger partial charge is 0.396 e. The predicted octanol–water partition coefficient (Wildman–Crippen LogP) is 23.2. The molecule has 88 heavy (non-hydrogen) atoms. The number of rotatable bonds is 12. The molecule has 2 heteroatoms. The third kappa shape index (κ3) is 14.7. The first-order chi connectivity index (χ1) is 43.1. The molecule has 2 nitrogen and oxygen atoms in total. The third-order valence-corrected chi connectivity index (χ3v) is 16.5. The van der Waals surface area contributed by atoms with Gasteiger partial charge in [-0.1, -0.05) is 329 Å². The summed E-state index contributed by atoms with van der Waals surface area (Å²) in [5.74, 6) is 0. The van der Waals surface area contributed by atoms with E-state index in [1.807, 2.05) is 19.9 Å². The summed E-state index contributed by atoms with van der Waals surface area (Å²) in [5.41, 5.74) is 33.7. The molecule has 1 aliphatic rings. The fraction of sp³-hybridized carbons (Fsp3) is 0.116. The summed E-state index contributed by atoms with van der Waals surface area (Å²) < 4.78 is 2.29. The molecule has 0 fully saturated rings. The first-order valence-corrected chi connectivity index (χ1v) is 31.0. The summed E-state index contributed by atoms with van der Waals surface area (Å²) >= 11 is 0. The van der Waals surface area contributed by atoms with Crippen molar-refractivity contribution in [2.45, 2.75) is 66.7 Å². The van der Waals surface area contributed by atoms with Crippen LogP contribution in [0.1, 0.15) is 84.3 Å². The lowest BCUT2D eigenvalue weighted by molar-refractivity contribution is 0.599. The first kappa shape index (κ1) is 60.8. The smallest absolute Gasteiger partial charge is 0.0695 e. The quantitative estimate of drug-likeness (QED) is 0.121. The Morgan fingerprint density at radius 3 is 1.44 bits per heavy atom. The molecule has 2 N–H and O–H groups in total. The van der Waals surface area contributed by atoms with Crippen LogP contribution in [0.15, 0.2) is 315 Å². The van der Waals surface area contributed by atoms with Gasteiger partial charge >= 0.3 is 0 Å². The molecule has 0 spiro atoms. The molecule has 1 aromatic heterocycles. The van der Waals surface area contributed by atoms with Gasteiger partial charge in [0, 0.05) is 16.5 Å². The van der Waals surface area contributed by atoms with Crippen LogP contribution in [0, 0.1) is 20.8 Å². The van der Waals surface area contributed by atoms with Gasteiger partial charge in [-0.25, -0.2) is 0 Å². The van der Waals surface area contributed by atoms with Gasteiger partial charge in [0.05, 0.1) is 16.9 Å². The number of nitrogen functional groups attached to an aromatic ring is 1. The average Bonchev–Trinajstić information content (AvgIpc) is 1.70. The lowest BCUT2D eigenvalue weighted by Gasteiger charge is -2.27. The van der Waals surface area contributed by atoms with E-state index < -0.39 is 0 Å². The number of hydrogen-bond donors (Lipinski definition) is 1. The standard InChI is InChI=1S/C42H34N2.C28H24.C14H16.C2H6/c1-30-15-19-36(20-16-30)37-25-28-40-39(29-37)42(43)41(44(40)38-26-23-35(24-27-38)33-12-6-3-7-13-33)14-8-9-31-17-21-34(22-18-31)32-10-4-2-5-11-32;1-21-17-19-23(20-18-21)27-16-10-9-15-26(27)22(2)28(24-11-5-3-6-12-24)25-13-7-4-8-14-25;1-12-6-8-13(9-7-12)14(2)10-4-3-5-11-14;1-2/h2-8,10-29H,9,43H2,1H3;3-20H,1-2H3;3-10H,11H2,1-2H3;1-2H3/b14-8-;;;. The number of fused-ring (bicyclic) bond motifs is 1. The zero-order valence-corrected chi connectivity index (χ0v) is 52.0. The van der Waals surface area contributed by atoms with Crippen LogP contribution < -0.4 is 5.73 Å². The Morgan fingerprint density at radius 2 is 0.909 bits per heavy atom. The van der Waals surface area contributed by atoms with Crippen LogP contribution >= 0.6 is 0 Å². The van der Waals surface area contributed by atoms with Gasteiger partial charge in [0.2, 0.25) is 0 Å². The van der Waals surface area contributed by atoms with Crippen LogP contribution in [0.25, 0.3) is 78.3 Å². The molecule has 0 amide bonds. The van der Waals surface area contributed by atoms with Crippen molar-refractivity contribution < 1.29 is 0 Å². The predicted molar refractivity (Wildman–Crippen MR) is 382 cm³/mol. The molecular formula is C86H80N2. The topological polar surface area (TPSA) is 30.9 Å². The Hall–Kier alpha value is -10.3. The molecule has 1 unspecified atom stereocenters. The normalized spacial score (nSPS) is 13.1. The Bertz CT molecular complexity index is 4260. The lowest BCUT2D eigenvalue weighted by atomic mass is 9.77. The molecule has 1 aliphatic carbocycles. The fourth-order valence-electron chi connectivity index (χ4n) is 11.5. The maximum atomic E-state index is 6.96. The van der Waals surface area contributed by atoms with Crippen molar-refractivity contribution in [1.29, 1.82) is 0 Å². The van der Waals surface area contributed by atoms with Gasteiger partial charge in [-0.15, -0.1) is 0 Å². The highest BCUT2D eigenvalue weighted by molar-refractivity contribution is 6.02. The summed E-state index contributed by atoms with van der Waals surface area (Å²) in [6, 6.07) is 102. The minimum atomic E-state index is 0.197. The number of aryl methyl sites for hydroxylation is 3. The second kappa shape index (κ2) is 29.2. The lowest BCUT2D eigenvalue weighted by Crippen LogP contribution is -2.19. The summed E-state index contributed by atoms with van der Waals surface area (Å²) in [6.45, 7) is 14.9. The van der Waals surface area contributed by atoms with E-state index >= 15 is 0 Å². The van der Waals surface area contributed by atoms with Gasteiger partial charge in [-0.3, -0.25) is 0 Å². The molecule has 0 bridgehead atoms. The highest BCUT2D eigenvalue weighted by atomic mass is 15.0. The summed E-state index contributed by atoms with van der Waals surface area (Å²) in [4.78, 5) is 0. The van der Waals surface area contributed by atoms with Gasteiger partial charge in [0.25, 0.3) is 0 Å². The van der Waals surface area contributed by atoms with Gasteiger partial charge < -0.3 is 10.3 Å². The van der Waals surface area contributed by atoms with Crippen LogP contribution in [0.3, 0.4) is 0 Å². The molecule has 0 radical (unpaired) electrons. The summed E-state index contributed by atoms with van der Waals surface area (Å²) in [7, 11) is 0. The van der Waals surface area contributed by atoms with Crippen molar-refractivity contribution in [3.05, 3.63) is 366 Å². The van der Waals surface area contributed by atoms with Crippen LogP contribution in [0.4, 0.5) is 5.69 Å². The number of aromatic nitrogens is 1. The molecule has 12 aromatic rings. The monoisotopic (exact) mass is 1140 g/mol. The minimum absolute atomic E-state index is 0.197. The third-order valence-electron chi connectivity index (χ3n) is 16.5. The second-order valence-electron chi connectivity index (χ2n) is 22.7. The second-order valence-corrected chi connectivity index (χ2v) is 22.7. The van der Waals surface area contributed by atoms with Crippen LogP contribution in [-0.4, -0.2) is 4.57 Å². The number of nitrogens with two attached hydrogens (primary N) is 1. The van der Waals surface area contributed by atoms with E-state index in [9.17, 15) is 0 Å². The molecule has 0 saturated heterocycles. The molecule has 0 saturated carbocycles. The van der Waals surface area contributed by atoms with E-state index in [-0.39, 0.29) is 5.41 Å². The van der Waals surface area contributed by atoms with Crippen molar-refractivity contribution in [3.8, 4) is 50.2 Å². The molecule has 1 heterocycles. The van der Waals surface area contributed by atoms with Crippen molar-refractivity contribution in [2.75, 3.05) is 5.73 Å². The Labute approximate surface area is 523 Å². The molecule has 434 valence electrons. The minimum Gasteiger partial charge on any atom is -0.396 e. The average molecular weight is 1140 g/mol. The van der Waals surface area contributed by atoms with Crippen molar-refractivity contribution >= 4 is 33.8 Å². The Balaban J connectivity index is 0.000000165. The zero-order valence-electron chi connectivity index (χ0n) is 52.0. The number of allylic oxidation sites excluding steroid dienone is 6. The zero-order chi connectivity index (χ0) is 61.2. The number of nitrogens with zero attached hydrogens (tertiary/aromatic N) is 1. The maximum Gasteiger partial charge on any atom is 0.0695 e. The number of hydrogen-bond acceptors (Lipinski definition) is 1. The van der Waals surface area contributed by atoms with E-state index in [0.29, 0.717) is 0 Å². The van der Waals surface area contributed by atoms with Gasteiger partial charge in [0.1, 0.15) is 0 Å². The van der Waals surface area contributed by atoms with E-state index in [0.717, 1.165) is 46.4 Å². The van der Waals surface area contributed by atoms with Crippen LogP contribution in [0.5, 0.6) is 0 Å². The maximum absolute atomic E-state index is 6.96. The number of benzene rings is 11.